The summed E-state index contributed by atoms with van der Waals surface area (Å²) in [6, 6.07) is 0. The van der Waals surface area contributed by atoms with Crippen molar-refractivity contribution < 1.29 is 18.3 Å². The number of fused-ring (bicyclic) bond motifs is 1. The summed E-state index contributed by atoms with van der Waals surface area (Å²) in [4.78, 5) is 0. The predicted octanol–water partition coefficient (Wildman–Crippen LogP) is 1.90. The molecular formula is C9H11F3N2O. The zero-order chi connectivity index (χ0) is 11.2. The van der Waals surface area contributed by atoms with Crippen molar-refractivity contribution in [1.82, 2.24) is 9.78 Å². The van der Waals surface area contributed by atoms with Gasteiger partial charge in [0.05, 0.1) is 11.8 Å². The van der Waals surface area contributed by atoms with E-state index in [0.717, 1.165) is 0 Å². The third kappa shape index (κ3) is 1.52. The molecule has 1 aromatic heterocycles. The van der Waals surface area contributed by atoms with Gasteiger partial charge in [0.2, 0.25) is 0 Å². The second-order valence-electron chi connectivity index (χ2n) is 3.58. The number of hydrogen-bond donors (Lipinski definition) is 1. The molecule has 0 amide bonds. The lowest BCUT2D eigenvalue weighted by Crippen LogP contribution is -2.10. The smallest absolute Gasteiger partial charge is 0.387 e. The first-order valence-electron chi connectivity index (χ1n) is 4.80. The maximum Gasteiger partial charge on any atom is 0.435 e. The van der Waals surface area contributed by atoms with Crippen LogP contribution in [0.4, 0.5) is 13.2 Å². The van der Waals surface area contributed by atoms with E-state index in [4.69, 9.17) is 0 Å². The number of aliphatic hydroxyl groups excluding tert-OH is 1. The Kier molecular flexibility index (Phi) is 2.26. The quantitative estimate of drug-likeness (QED) is 0.784. The lowest BCUT2D eigenvalue weighted by atomic mass is 10.2. The minimum atomic E-state index is -4.42. The summed E-state index contributed by atoms with van der Waals surface area (Å²) in [6.45, 7) is 2.05. The number of hydrogen-bond acceptors (Lipinski definition) is 2. The Balaban J connectivity index is 2.56. The molecule has 84 valence electrons. The number of rotatable bonds is 1. The number of alkyl halides is 3. The normalized spacial score (nSPS) is 20.7. The van der Waals surface area contributed by atoms with Gasteiger partial charge in [-0.05, 0) is 19.8 Å². The van der Waals surface area contributed by atoms with E-state index in [-0.39, 0.29) is 12.0 Å². The van der Waals surface area contributed by atoms with Crippen LogP contribution in [-0.4, -0.2) is 14.9 Å². The van der Waals surface area contributed by atoms with Crippen LogP contribution < -0.4 is 0 Å². The summed E-state index contributed by atoms with van der Waals surface area (Å²) in [5.74, 6) is 0. The van der Waals surface area contributed by atoms with Crippen molar-refractivity contribution in [2.75, 3.05) is 0 Å². The molecule has 1 heterocycles. The van der Waals surface area contributed by atoms with Gasteiger partial charge in [-0.2, -0.15) is 18.3 Å². The lowest BCUT2D eigenvalue weighted by Gasteiger charge is -2.06. The molecule has 0 fully saturated rings. The van der Waals surface area contributed by atoms with Crippen molar-refractivity contribution >= 4 is 0 Å². The van der Waals surface area contributed by atoms with Gasteiger partial charge in [0.25, 0.3) is 0 Å². The van der Waals surface area contributed by atoms with Crippen molar-refractivity contribution in [3.63, 3.8) is 0 Å². The summed E-state index contributed by atoms with van der Waals surface area (Å²) in [5.41, 5.74) is -0.336. The molecule has 0 bridgehead atoms. The zero-order valence-electron chi connectivity index (χ0n) is 8.17. The highest BCUT2D eigenvalue weighted by molar-refractivity contribution is 5.34. The maximum absolute atomic E-state index is 12.6. The fraction of sp³-hybridized carbons (Fsp3) is 0.667. The lowest BCUT2D eigenvalue weighted by molar-refractivity contribution is -0.142. The largest absolute Gasteiger partial charge is 0.435 e. The first kappa shape index (κ1) is 10.5. The van der Waals surface area contributed by atoms with E-state index in [1.54, 1.807) is 6.92 Å². The summed E-state index contributed by atoms with van der Waals surface area (Å²) in [6.07, 6.45) is -4.61. The van der Waals surface area contributed by atoms with E-state index < -0.39 is 18.0 Å². The average Bonchev–Trinajstić information content (AvgIpc) is 2.65. The molecular weight excluding hydrogens is 209 g/mol. The fourth-order valence-corrected chi connectivity index (χ4v) is 2.02. The molecule has 0 saturated heterocycles. The minimum absolute atomic E-state index is 0.164. The van der Waals surface area contributed by atoms with Gasteiger partial charge in [-0.1, -0.05) is 0 Å². The maximum atomic E-state index is 12.6. The molecule has 15 heavy (non-hydrogen) atoms. The van der Waals surface area contributed by atoms with Gasteiger partial charge in [-0.3, -0.25) is 4.68 Å². The molecule has 1 aliphatic carbocycles. The van der Waals surface area contributed by atoms with Gasteiger partial charge >= 0.3 is 6.18 Å². The highest BCUT2D eigenvalue weighted by atomic mass is 19.4. The van der Waals surface area contributed by atoms with E-state index in [2.05, 4.69) is 5.10 Å². The van der Waals surface area contributed by atoms with Gasteiger partial charge in [-0.25, -0.2) is 0 Å². The molecule has 0 spiro atoms. The summed E-state index contributed by atoms with van der Waals surface area (Å²) >= 11 is 0. The highest BCUT2D eigenvalue weighted by Gasteiger charge is 2.41. The Morgan fingerprint density at radius 3 is 2.73 bits per heavy atom. The Morgan fingerprint density at radius 2 is 2.20 bits per heavy atom. The molecule has 0 saturated carbocycles. The van der Waals surface area contributed by atoms with E-state index in [1.165, 1.54) is 4.68 Å². The van der Waals surface area contributed by atoms with Crippen LogP contribution in [0.5, 0.6) is 0 Å². The zero-order valence-corrected chi connectivity index (χ0v) is 8.17. The Bertz CT molecular complexity index is 383. The number of aryl methyl sites for hydroxylation is 1. The monoisotopic (exact) mass is 220 g/mol. The second-order valence-corrected chi connectivity index (χ2v) is 3.58. The third-order valence-electron chi connectivity index (χ3n) is 2.65. The molecule has 0 aliphatic heterocycles. The SMILES string of the molecule is CCn1nc(C(F)(F)F)c2c1C(O)CC2. The first-order chi connectivity index (χ1) is 6.95. The van der Waals surface area contributed by atoms with E-state index in [9.17, 15) is 18.3 Å². The van der Waals surface area contributed by atoms with E-state index in [0.29, 0.717) is 18.7 Å². The number of halogens is 3. The molecule has 0 aromatic carbocycles. The molecule has 6 heteroatoms. The first-order valence-corrected chi connectivity index (χ1v) is 4.80. The minimum Gasteiger partial charge on any atom is -0.387 e. The van der Waals surface area contributed by atoms with Gasteiger partial charge in [0.1, 0.15) is 0 Å². The molecule has 1 aromatic rings. The molecule has 2 rings (SSSR count). The second kappa shape index (κ2) is 3.23. The third-order valence-corrected chi connectivity index (χ3v) is 2.65. The standard InChI is InChI=1S/C9H11F3N2O/c1-2-14-7-5(3-4-6(7)15)8(13-14)9(10,11)12/h6,15H,2-4H2,1H3. The molecule has 1 unspecified atom stereocenters. The van der Waals surface area contributed by atoms with Crippen molar-refractivity contribution in [3.05, 3.63) is 17.0 Å². The van der Waals surface area contributed by atoms with Crippen LogP contribution in [-0.2, 0) is 19.1 Å². The van der Waals surface area contributed by atoms with Crippen molar-refractivity contribution in [1.29, 1.82) is 0 Å². The Morgan fingerprint density at radius 1 is 1.53 bits per heavy atom. The highest BCUT2D eigenvalue weighted by Crippen LogP contribution is 2.40. The summed E-state index contributed by atoms with van der Waals surface area (Å²) in [5, 5.41) is 13.0. The number of aliphatic hydroxyl groups is 1. The van der Waals surface area contributed by atoms with Crippen LogP contribution in [0.3, 0.4) is 0 Å². The number of aromatic nitrogens is 2. The molecule has 1 N–H and O–H groups in total. The van der Waals surface area contributed by atoms with Crippen LogP contribution in [0.1, 0.15) is 36.4 Å². The molecule has 1 atom stereocenters. The number of nitrogens with zero attached hydrogens (tertiary/aromatic N) is 2. The van der Waals surface area contributed by atoms with Crippen LogP contribution >= 0.6 is 0 Å². The van der Waals surface area contributed by atoms with Crippen LogP contribution in [0.15, 0.2) is 0 Å². The Labute approximate surface area is 84.5 Å². The topological polar surface area (TPSA) is 38.0 Å². The predicted molar refractivity (Wildman–Crippen MR) is 46.2 cm³/mol. The van der Waals surface area contributed by atoms with Crippen molar-refractivity contribution in [2.45, 2.75) is 38.6 Å². The summed E-state index contributed by atoms with van der Waals surface area (Å²) < 4.78 is 38.9. The van der Waals surface area contributed by atoms with Crippen LogP contribution in [0.25, 0.3) is 0 Å². The van der Waals surface area contributed by atoms with Gasteiger partial charge in [0.15, 0.2) is 5.69 Å². The van der Waals surface area contributed by atoms with Crippen LogP contribution in [0.2, 0.25) is 0 Å². The molecule has 1 aliphatic rings. The van der Waals surface area contributed by atoms with Gasteiger partial charge < -0.3 is 5.11 Å². The van der Waals surface area contributed by atoms with Crippen molar-refractivity contribution in [2.24, 2.45) is 0 Å². The summed E-state index contributed by atoms with van der Waals surface area (Å²) in [7, 11) is 0. The van der Waals surface area contributed by atoms with Gasteiger partial charge in [-0.15, -0.1) is 0 Å². The van der Waals surface area contributed by atoms with Crippen molar-refractivity contribution in [3.8, 4) is 0 Å². The molecule has 3 nitrogen and oxygen atoms in total. The Hall–Kier alpha value is -1.04. The van der Waals surface area contributed by atoms with Crippen LogP contribution in [0, 0.1) is 0 Å². The fourth-order valence-electron chi connectivity index (χ4n) is 2.02. The van der Waals surface area contributed by atoms with E-state index >= 15 is 0 Å². The average molecular weight is 220 g/mol. The van der Waals surface area contributed by atoms with E-state index in [1.807, 2.05) is 0 Å². The van der Waals surface area contributed by atoms with Gasteiger partial charge in [0, 0.05) is 12.1 Å². The molecule has 0 radical (unpaired) electrons.